The van der Waals surface area contributed by atoms with E-state index in [1.165, 1.54) is 56.3 Å². The smallest absolute Gasteiger partial charge is 0.134 e. The highest BCUT2D eigenvalue weighted by molar-refractivity contribution is 5.58. The molecule has 0 aromatic heterocycles. The van der Waals surface area contributed by atoms with Crippen LogP contribution in [0.4, 0.5) is 5.69 Å². The maximum Gasteiger partial charge on any atom is 0.134 e. The van der Waals surface area contributed by atoms with Crippen molar-refractivity contribution in [1.82, 2.24) is 9.80 Å². The third kappa shape index (κ3) is 6.67. The van der Waals surface area contributed by atoms with Gasteiger partial charge in [-0.3, -0.25) is 9.80 Å². The highest BCUT2D eigenvalue weighted by Crippen LogP contribution is 2.46. The molecule has 4 rings (SSSR count). The van der Waals surface area contributed by atoms with Gasteiger partial charge in [-0.15, -0.1) is 0 Å². The largest absolute Gasteiger partial charge is 0.378 e. The van der Waals surface area contributed by atoms with Gasteiger partial charge in [-0.05, 0) is 73.1 Å². The van der Waals surface area contributed by atoms with Gasteiger partial charge in [0, 0.05) is 38.4 Å². The van der Waals surface area contributed by atoms with E-state index in [4.69, 9.17) is 4.74 Å². The maximum atomic E-state index is 11.3. The molecule has 1 atom stereocenters. The second kappa shape index (κ2) is 12.2. The van der Waals surface area contributed by atoms with Crippen LogP contribution in [0.5, 0.6) is 0 Å². The summed E-state index contributed by atoms with van der Waals surface area (Å²) in [6.45, 7) is 18.0. The highest BCUT2D eigenvalue weighted by atomic mass is 16.5. The van der Waals surface area contributed by atoms with Crippen LogP contribution in [0.1, 0.15) is 89.3 Å². The Morgan fingerprint density at radius 2 is 1.77 bits per heavy atom. The van der Waals surface area contributed by atoms with Gasteiger partial charge in [0.1, 0.15) is 6.29 Å². The molecule has 2 heterocycles. The molecule has 35 heavy (non-hydrogen) atoms. The molecule has 5 nitrogen and oxygen atoms in total. The summed E-state index contributed by atoms with van der Waals surface area (Å²) < 4.78 is 5.86. The van der Waals surface area contributed by atoms with E-state index < -0.39 is 0 Å². The van der Waals surface area contributed by atoms with Crippen LogP contribution in [0.2, 0.25) is 0 Å². The van der Waals surface area contributed by atoms with Crippen LogP contribution in [0.3, 0.4) is 0 Å². The number of aldehydes is 1. The van der Waals surface area contributed by atoms with Gasteiger partial charge in [-0.25, -0.2) is 0 Å². The number of ether oxygens (including phenoxy) is 1. The summed E-state index contributed by atoms with van der Waals surface area (Å²) >= 11 is 0. The molecule has 2 aliphatic heterocycles. The summed E-state index contributed by atoms with van der Waals surface area (Å²) in [5.41, 5.74) is 4.73. The van der Waals surface area contributed by atoms with Gasteiger partial charge in [0.25, 0.3) is 0 Å². The van der Waals surface area contributed by atoms with Crippen molar-refractivity contribution < 1.29 is 9.53 Å². The molecule has 3 fully saturated rings. The first-order chi connectivity index (χ1) is 16.9. The average molecular weight is 484 g/mol. The summed E-state index contributed by atoms with van der Waals surface area (Å²) in [5.74, 6) is 1.49. The van der Waals surface area contributed by atoms with Crippen LogP contribution in [0, 0.1) is 11.3 Å². The van der Waals surface area contributed by atoms with Crippen LogP contribution in [-0.2, 0) is 9.53 Å². The van der Waals surface area contributed by atoms with Crippen molar-refractivity contribution in [3.63, 3.8) is 0 Å². The first kappa shape index (κ1) is 26.6. The zero-order valence-electron chi connectivity index (χ0n) is 22.8. The molecule has 0 amide bonds. The Morgan fingerprint density at radius 3 is 2.43 bits per heavy atom. The van der Waals surface area contributed by atoms with Gasteiger partial charge >= 0.3 is 0 Å². The van der Waals surface area contributed by atoms with Crippen LogP contribution in [0.15, 0.2) is 18.2 Å². The molecule has 0 spiro atoms. The number of unbranched alkanes of at least 4 members (excludes halogenated alkanes) is 1. The van der Waals surface area contributed by atoms with Gasteiger partial charge < -0.3 is 14.4 Å². The normalized spacial score (nSPS) is 27.2. The van der Waals surface area contributed by atoms with E-state index in [-0.39, 0.29) is 6.04 Å². The molecular formula is C30H49N3O2. The molecule has 5 heteroatoms. The zero-order valence-corrected chi connectivity index (χ0v) is 22.8. The molecule has 1 unspecified atom stereocenters. The minimum Gasteiger partial charge on any atom is -0.378 e. The Bertz CT molecular complexity index is 804. The van der Waals surface area contributed by atoms with E-state index in [2.05, 4.69) is 60.6 Å². The van der Waals surface area contributed by atoms with E-state index in [1.54, 1.807) is 5.56 Å². The standard InChI is InChI=1S/C30H49N3O2/c1-5-6-13-31-14-16-32(17-15-31)28-22-25(29-23-35-21-19-33(29)18-20-34)9-12-27(28)24-7-10-26(11-8-24)30(2,3)4/h9,12,20,22,24,26,29H,5-8,10-11,13-19,21,23H2,1-4H3. The van der Waals surface area contributed by atoms with Crippen molar-refractivity contribution in [2.24, 2.45) is 11.3 Å². The lowest BCUT2D eigenvalue weighted by Crippen LogP contribution is -2.47. The van der Waals surface area contributed by atoms with Gasteiger partial charge in [0.15, 0.2) is 0 Å². The summed E-state index contributed by atoms with van der Waals surface area (Å²) in [5, 5.41) is 0. The van der Waals surface area contributed by atoms with E-state index in [1.807, 2.05) is 0 Å². The number of nitrogens with zero attached hydrogens (tertiary/aromatic N) is 3. The average Bonchev–Trinajstić information content (AvgIpc) is 2.87. The first-order valence-electron chi connectivity index (χ1n) is 14.3. The number of anilines is 1. The number of hydrogen-bond donors (Lipinski definition) is 0. The number of hydrogen-bond acceptors (Lipinski definition) is 5. The third-order valence-corrected chi connectivity index (χ3v) is 8.92. The third-order valence-electron chi connectivity index (χ3n) is 8.92. The number of morpholine rings is 1. The molecule has 3 aliphatic rings. The van der Waals surface area contributed by atoms with E-state index in [9.17, 15) is 4.79 Å². The summed E-state index contributed by atoms with van der Waals surface area (Å²) in [7, 11) is 0. The minimum absolute atomic E-state index is 0.171. The minimum atomic E-state index is 0.171. The fourth-order valence-electron chi connectivity index (χ4n) is 6.51. The molecule has 0 bridgehead atoms. The Hall–Kier alpha value is -1.43. The molecule has 0 radical (unpaired) electrons. The van der Waals surface area contributed by atoms with Crippen LogP contribution < -0.4 is 4.90 Å². The predicted octanol–water partition coefficient (Wildman–Crippen LogP) is 5.50. The Morgan fingerprint density at radius 1 is 1.03 bits per heavy atom. The maximum absolute atomic E-state index is 11.3. The quantitative estimate of drug-likeness (QED) is 0.456. The lowest BCUT2D eigenvalue weighted by molar-refractivity contribution is -0.111. The van der Waals surface area contributed by atoms with Crippen molar-refractivity contribution in [2.75, 3.05) is 63.9 Å². The lowest BCUT2D eigenvalue weighted by Gasteiger charge is -2.41. The van der Waals surface area contributed by atoms with E-state index in [0.717, 1.165) is 44.9 Å². The summed E-state index contributed by atoms with van der Waals surface area (Å²) in [6, 6.07) is 7.40. The number of piperazine rings is 1. The van der Waals surface area contributed by atoms with Crippen molar-refractivity contribution in [3.8, 4) is 0 Å². The van der Waals surface area contributed by atoms with E-state index in [0.29, 0.717) is 31.1 Å². The molecule has 0 N–H and O–H groups in total. The van der Waals surface area contributed by atoms with Gasteiger partial charge in [-0.2, -0.15) is 0 Å². The fourth-order valence-corrected chi connectivity index (χ4v) is 6.51. The Labute approximate surface area is 214 Å². The van der Waals surface area contributed by atoms with Crippen LogP contribution in [-0.4, -0.2) is 75.1 Å². The number of rotatable bonds is 8. The number of carbonyl (C=O) groups excluding carboxylic acids is 1. The number of benzene rings is 1. The second-order valence-corrected chi connectivity index (χ2v) is 12.2. The van der Waals surface area contributed by atoms with Crippen molar-refractivity contribution in [3.05, 3.63) is 29.3 Å². The van der Waals surface area contributed by atoms with Crippen LogP contribution in [0.25, 0.3) is 0 Å². The zero-order chi connectivity index (χ0) is 24.8. The number of carbonyl (C=O) groups is 1. The van der Waals surface area contributed by atoms with Crippen molar-refractivity contribution in [2.45, 2.75) is 78.2 Å². The van der Waals surface area contributed by atoms with E-state index >= 15 is 0 Å². The first-order valence-corrected chi connectivity index (χ1v) is 14.3. The fraction of sp³-hybridized carbons (Fsp3) is 0.767. The molecule has 1 aromatic rings. The molecule has 196 valence electrons. The molecule has 1 aliphatic carbocycles. The Kier molecular flexibility index (Phi) is 9.29. The molecule has 2 saturated heterocycles. The highest BCUT2D eigenvalue weighted by Gasteiger charge is 2.33. The van der Waals surface area contributed by atoms with Gasteiger partial charge in [-0.1, -0.05) is 46.2 Å². The molecule has 1 saturated carbocycles. The SMILES string of the molecule is CCCCN1CCN(c2cc(C3COCCN3CC=O)ccc2C2CCC(C(C)(C)C)CC2)CC1. The monoisotopic (exact) mass is 483 g/mol. The van der Waals surface area contributed by atoms with Gasteiger partial charge in [0.2, 0.25) is 0 Å². The predicted molar refractivity (Wildman–Crippen MR) is 145 cm³/mol. The molecular weight excluding hydrogens is 434 g/mol. The summed E-state index contributed by atoms with van der Waals surface area (Å²) in [6.07, 6.45) is 8.88. The van der Waals surface area contributed by atoms with Crippen molar-refractivity contribution >= 4 is 12.0 Å². The lowest BCUT2D eigenvalue weighted by atomic mass is 9.68. The van der Waals surface area contributed by atoms with Gasteiger partial charge in [0.05, 0.1) is 25.8 Å². The van der Waals surface area contributed by atoms with Crippen LogP contribution >= 0.6 is 0 Å². The topological polar surface area (TPSA) is 36.0 Å². The Balaban J connectivity index is 1.57. The van der Waals surface area contributed by atoms with Crippen molar-refractivity contribution in [1.29, 1.82) is 0 Å². The summed E-state index contributed by atoms with van der Waals surface area (Å²) in [4.78, 5) is 18.9. The molecule has 1 aromatic carbocycles. The second-order valence-electron chi connectivity index (χ2n) is 12.2.